The van der Waals surface area contributed by atoms with Crippen molar-refractivity contribution in [2.45, 2.75) is 61.7 Å². The molecule has 0 atom stereocenters. The predicted molar refractivity (Wildman–Crippen MR) is 282 cm³/mol. The van der Waals surface area contributed by atoms with Gasteiger partial charge in [0.25, 0.3) is 25.9 Å². The van der Waals surface area contributed by atoms with Crippen LogP contribution in [-0.4, -0.2) is 89.2 Å². The summed E-state index contributed by atoms with van der Waals surface area (Å²) in [5.41, 5.74) is -7.93. The van der Waals surface area contributed by atoms with Crippen molar-refractivity contribution in [3.8, 4) is 63.7 Å². The second kappa shape index (κ2) is 23.4. The summed E-state index contributed by atoms with van der Waals surface area (Å²) in [6.45, 7) is -22.0. The maximum Gasteiger partial charge on any atom is 0.263 e. The largest absolute Gasteiger partial charge is 0.493 e. The molecule has 390 valence electrons. The van der Waals surface area contributed by atoms with Gasteiger partial charge in [0.05, 0.1) is 30.6 Å². The molecule has 0 amide bonds. The van der Waals surface area contributed by atoms with Crippen LogP contribution in [0.5, 0.6) is 40.4 Å². The number of hydrogen-bond acceptors (Lipinski definition) is 18. The van der Waals surface area contributed by atoms with Crippen LogP contribution in [0.1, 0.15) is 76.9 Å². The first-order valence-electron chi connectivity index (χ1n) is 30.4. The smallest absolute Gasteiger partial charge is 0.263 e. The van der Waals surface area contributed by atoms with E-state index in [4.69, 9.17) is 60.0 Å². The number of aromatic nitrogens is 8. The van der Waals surface area contributed by atoms with Crippen LogP contribution in [0.15, 0.2) is 144 Å². The Bertz CT molecular complexity index is 4090. The van der Waals surface area contributed by atoms with Crippen molar-refractivity contribution >= 4 is 43.3 Å². The van der Waals surface area contributed by atoms with Gasteiger partial charge in [-0.05, 0) is 82.6 Å². The topological polar surface area (TPSA) is 262 Å². The van der Waals surface area contributed by atoms with Crippen molar-refractivity contribution < 1.29 is 70.3 Å². The number of halogens is 1. The van der Waals surface area contributed by atoms with Crippen molar-refractivity contribution in [2.75, 3.05) is 36.9 Å². The molecule has 3 N–H and O–H groups in total. The number of rotatable bonds is 17. The summed E-state index contributed by atoms with van der Waals surface area (Å²) in [6, 6.07) is 22.6. The fourth-order valence-corrected chi connectivity index (χ4v) is 8.43. The van der Waals surface area contributed by atoms with Gasteiger partial charge in [0.1, 0.15) is 6.61 Å². The van der Waals surface area contributed by atoms with E-state index in [0.29, 0.717) is 0 Å². The zero-order chi connectivity index (χ0) is 69.0. The Hall–Kier alpha value is -8.05. The normalized spacial score (nSPS) is 16.2. The number of sulfonamides is 2. The third-order valence-corrected chi connectivity index (χ3v) is 12.7. The van der Waals surface area contributed by atoms with Crippen LogP contribution in [0.2, 0.25) is 5.15 Å². The quantitative estimate of drug-likeness (QED) is 0.0716. The van der Waals surface area contributed by atoms with E-state index in [9.17, 15) is 21.9 Å². The molecule has 0 aliphatic rings. The van der Waals surface area contributed by atoms with Crippen LogP contribution < -0.4 is 33.1 Å². The molecular formula is C52H53ClN10O10S2. The first kappa shape index (κ1) is 35.2. The third kappa shape index (κ3) is 13.8. The summed E-state index contributed by atoms with van der Waals surface area (Å²) in [7, 11) is -6.50. The molecule has 23 heteroatoms. The number of aliphatic hydroxyl groups is 1. The van der Waals surface area contributed by atoms with Crippen LogP contribution in [0, 0.1) is 0 Å². The Balaban J connectivity index is 0.000000264. The van der Waals surface area contributed by atoms with Gasteiger partial charge in [-0.2, -0.15) is 4.98 Å². The lowest BCUT2D eigenvalue weighted by molar-refractivity contribution is 0.192. The molecule has 0 fully saturated rings. The third-order valence-electron chi connectivity index (χ3n) is 9.74. The van der Waals surface area contributed by atoms with Gasteiger partial charge in [-0.25, -0.2) is 51.7 Å². The molecular weight excluding hydrogens is 1020 g/mol. The molecule has 20 nitrogen and oxygen atoms in total. The minimum absolute atomic E-state index is 0.00313. The Morgan fingerprint density at radius 1 is 0.533 bits per heavy atom. The lowest BCUT2D eigenvalue weighted by Crippen LogP contribution is -2.17. The molecule has 75 heavy (non-hydrogen) atoms. The number of aliphatic hydroxyl groups excluding tert-OH is 1. The van der Waals surface area contributed by atoms with Crippen LogP contribution in [0.4, 0.5) is 11.6 Å². The Labute approximate surface area is 465 Å². The molecule has 4 heterocycles. The summed E-state index contributed by atoms with van der Waals surface area (Å²) in [6.07, 6.45) is 5.59. The summed E-state index contributed by atoms with van der Waals surface area (Å²) >= 11 is 6.44. The fraction of sp³-hybridized carbons (Fsp3) is 0.231. The Kier molecular flexibility index (Phi) is 11.0. The number of nitrogens with one attached hydrogen (secondary N) is 2. The highest BCUT2D eigenvalue weighted by molar-refractivity contribution is 7.93. The highest BCUT2D eigenvalue weighted by atomic mass is 35.5. The monoisotopic (exact) mass is 1090 g/mol. The van der Waals surface area contributed by atoms with Gasteiger partial charge in [-0.1, -0.05) is 101 Å². The van der Waals surface area contributed by atoms with Crippen molar-refractivity contribution in [2.24, 2.45) is 0 Å². The Morgan fingerprint density at radius 3 is 1.35 bits per heavy atom. The molecule has 4 aromatic carbocycles. The van der Waals surface area contributed by atoms with Gasteiger partial charge in [0, 0.05) is 49.5 Å². The van der Waals surface area contributed by atoms with E-state index in [1.165, 1.54) is 63.3 Å². The van der Waals surface area contributed by atoms with E-state index in [2.05, 4.69) is 49.3 Å². The summed E-state index contributed by atoms with van der Waals surface area (Å²) in [5, 5.41) is 9.11. The van der Waals surface area contributed by atoms with E-state index in [-0.39, 0.29) is 75.4 Å². The van der Waals surface area contributed by atoms with E-state index in [1.54, 1.807) is 36.4 Å². The van der Waals surface area contributed by atoms with E-state index in [0.717, 1.165) is 48.5 Å². The molecule has 8 aromatic rings. The number of nitrogens with zero attached hydrogens (tertiary/aromatic N) is 8. The van der Waals surface area contributed by atoms with E-state index >= 15 is 0 Å². The number of methoxy groups -OCH3 is 2. The minimum Gasteiger partial charge on any atom is -0.493 e. The van der Waals surface area contributed by atoms with Crippen molar-refractivity contribution in [1.82, 2.24) is 39.9 Å². The highest BCUT2D eigenvalue weighted by Gasteiger charge is 2.28. The molecule has 0 aliphatic heterocycles. The van der Waals surface area contributed by atoms with E-state index < -0.39 is 111 Å². The average molecular weight is 1100 g/mol. The van der Waals surface area contributed by atoms with Crippen LogP contribution in [0.3, 0.4) is 0 Å². The standard InChI is InChI=1S/C27H29N5O6S.C25H24ClN5O4S/c1-27(2,3)18-10-12-19(13-11-18)39(34,35)32-23-22(38-21-9-6-5-8-20(21)36-4)26(37-17-16-33)31-25(30-23)24-28-14-7-15-29-24;1-25(2,3)16-10-12-17(13-11-16)36(32,33)31-22-20(35-19-9-6-5-8-18(19)34-4)21(26)29-24(30-22)23-27-14-7-15-28-23/h5-15,33H,16-17H2,1-4H3,(H,30,31,32);5-15H,1-4H3,(H,29,30,31)/i2*1D3,2D3,3D3. The van der Waals surface area contributed by atoms with Gasteiger partial charge >= 0.3 is 0 Å². The molecule has 0 spiro atoms. The van der Waals surface area contributed by atoms with Gasteiger partial charge in [-0.15, -0.1) is 0 Å². The molecule has 0 aliphatic carbocycles. The number of para-hydroxylation sites is 4. The van der Waals surface area contributed by atoms with Crippen LogP contribution in [0.25, 0.3) is 23.3 Å². The van der Waals surface area contributed by atoms with Gasteiger partial charge in [0.15, 0.2) is 51.4 Å². The number of benzene rings is 4. The zero-order valence-electron chi connectivity index (χ0n) is 57.0. The zero-order valence-corrected chi connectivity index (χ0v) is 41.4. The summed E-state index contributed by atoms with van der Waals surface area (Å²) < 4.78 is 230. The first-order chi connectivity index (χ1) is 43.2. The van der Waals surface area contributed by atoms with Crippen molar-refractivity contribution in [3.63, 3.8) is 0 Å². The van der Waals surface area contributed by atoms with E-state index in [1.807, 2.05) is 0 Å². The molecule has 0 saturated heterocycles. The van der Waals surface area contributed by atoms with Crippen molar-refractivity contribution in [3.05, 3.63) is 150 Å². The molecule has 0 saturated carbocycles. The highest BCUT2D eigenvalue weighted by Crippen LogP contribution is 2.43. The lowest BCUT2D eigenvalue weighted by atomic mass is 9.87. The summed E-state index contributed by atoms with van der Waals surface area (Å²) in [4.78, 5) is 32.1. The number of anilines is 2. The van der Waals surface area contributed by atoms with Crippen molar-refractivity contribution in [1.29, 1.82) is 0 Å². The summed E-state index contributed by atoms with van der Waals surface area (Å²) in [5.74, 6) is -1.60. The lowest BCUT2D eigenvalue weighted by Gasteiger charge is -2.20. The first-order valence-corrected chi connectivity index (χ1v) is 24.7. The predicted octanol–water partition coefficient (Wildman–Crippen LogP) is 9.69. The van der Waals surface area contributed by atoms with Crippen LogP contribution in [-0.2, 0) is 30.9 Å². The Morgan fingerprint density at radius 2 is 0.933 bits per heavy atom. The van der Waals surface area contributed by atoms with Gasteiger partial charge in [0.2, 0.25) is 23.1 Å². The number of ether oxygens (including phenoxy) is 5. The fourth-order valence-electron chi connectivity index (χ4n) is 6.21. The molecule has 8 rings (SSSR count). The molecule has 0 bridgehead atoms. The average Bonchev–Trinajstić information content (AvgIpc) is 0.717. The maximum atomic E-state index is 13.8. The second-order valence-electron chi connectivity index (χ2n) is 15.0. The molecule has 0 unspecified atom stereocenters. The molecule has 0 radical (unpaired) electrons. The maximum absolute atomic E-state index is 13.8. The van der Waals surface area contributed by atoms with Gasteiger partial charge in [-0.3, -0.25) is 9.44 Å². The van der Waals surface area contributed by atoms with Crippen LogP contribution >= 0.6 is 11.6 Å². The minimum atomic E-state index is -4.67. The SMILES string of the molecule is [2H]C([2H])([2H])C(c1ccc(S(=O)(=O)Nc2nc(-c3ncccn3)nc(Cl)c2Oc2ccccc2OC)cc1)(C([2H])([2H])[2H])C([2H])([2H])[2H].[2H]C([2H])([2H])C(c1ccc(S(=O)(=O)Nc2nc(-c3ncccn3)nc(OCCO)c2Oc2ccccc2OC)cc1)(C([2H])([2H])[2H])C([2H])([2H])[2H]. The second-order valence-corrected chi connectivity index (χ2v) is 18.8. The van der Waals surface area contributed by atoms with Gasteiger partial charge < -0.3 is 28.8 Å². The number of hydrogen-bond donors (Lipinski definition) is 3. The molecule has 4 aromatic heterocycles.